The van der Waals surface area contributed by atoms with E-state index in [1.165, 1.54) is 18.4 Å². The predicted molar refractivity (Wildman–Crippen MR) is 90.2 cm³/mol. The molecule has 1 aliphatic heterocycles. The molecular weight excluding hydrogens is 350 g/mol. The van der Waals surface area contributed by atoms with Gasteiger partial charge in [-0.05, 0) is 13.0 Å². The van der Waals surface area contributed by atoms with Gasteiger partial charge in [0.1, 0.15) is 0 Å². The Morgan fingerprint density at radius 1 is 1.31 bits per heavy atom. The summed E-state index contributed by atoms with van der Waals surface area (Å²) in [5.74, 6) is -4.18. The number of carboxylic acids is 2. The molecule has 0 amide bonds. The van der Waals surface area contributed by atoms with E-state index in [-0.39, 0.29) is 5.39 Å². The van der Waals surface area contributed by atoms with E-state index < -0.39 is 23.6 Å². The molecule has 2 aromatic rings. The van der Waals surface area contributed by atoms with Gasteiger partial charge in [0, 0.05) is 43.9 Å². The van der Waals surface area contributed by atoms with Gasteiger partial charge in [-0.1, -0.05) is 0 Å². The maximum absolute atomic E-state index is 13.6. The lowest BCUT2D eigenvalue weighted by Crippen LogP contribution is -2.49. The van der Waals surface area contributed by atoms with Crippen LogP contribution in [0.4, 0.5) is 14.5 Å². The van der Waals surface area contributed by atoms with Crippen molar-refractivity contribution in [2.45, 2.75) is 13.0 Å². The van der Waals surface area contributed by atoms with Crippen LogP contribution in [0.25, 0.3) is 11.0 Å². The van der Waals surface area contributed by atoms with E-state index >= 15 is 0 Å². The van der Waals surface area contributed by atoms with E-state index in [1.54, 1.807) is 0 Å². The van der Waals surface area contributed by atoms with Crippen molar-refractivity contribution in [2.75, 3.05) is 24.5 Å². The van der Waals surface area contributed by atoms with Crippen LogP contribution in [0.5, 0.6) is 0 Å². The number of nitrogens with one attached hydrogen (secondary N) is 1. The number of piperazine rings is 1. The third-order valence-corrected chi connectivity index (χ3v) is 3.69. The van der Waals surface area contributed by atoms with E-state index in [4.69, 9.17) is 14.6 Å². The molecule has 140 valence electrons. The summed E-state index contributed by atoms with van der Waals surface area (Å²) < 4.78 is 32.5. The second-order valence-corrected chi connectivity index (χ2v) is 5.67. The van der Waals surface area contributed by atoms with Crippen LogP contribution in [-0.4, -0.2) is 47.8 Å². The van der Waals surface area contributed by atoms with Crippen LogP contribution in [0.2, 0.25) is 0 Å². The van der Waals surface area contributed by atoms with Gasteiger partial charge in [0.2, 0.25) is 0 Å². The van der Waals surface area contributed by atoms with E-state index in [2.05, 4.69) is 12.2 Å². The molecule has 1 aromatic carbocycles. The third kappa shape index (κ3) is 4.79. The van der Waals surface area contributed by atoms with Gasteiger partial charge in [-0.3, -0.25) is 0 Å². The molecule has 1 aliphatic rings. The van der Waals surface area contributed by atoms with Crippen LogP contribution < -0.4 is 10.2 Å². The van der Waals surface area contributed by atoms with Gasteiger partial charge >= 0.3 is 11.9 Å². The molecule has 9 heteroatoms. The van der Waals surface area contributed by atoms with Gasteiger partial charge in [0.05, 0.1) is 17.3 Å². The minimum absolute atomic E-state index is 0.205. The zero-order valence-corrected chi connectivity index (χ0v) is 13.9. The average Bonchev–Trinajstić information content (AvgIpc) is 3.07. The Labute approximate surface area is 147 Å². The minimum atomic E-state index is -1.26. The summed E-state index contributed by atoms with van der Waals surface area (Å²) in [6, 6.07) is 3.00. The Balaban J connectivity index is 0.000000260. The van der Waals surface area contributed by atoms with Crippen molar-refractivity contribution in [1.82, 2.24) is 5.32 Å². The molecule has 1 aromatic heterocycles. The maximum atomic E-state index is 13.6. The number of carboxylic acid groups (broad SMARTS) is 2. The van der Waals surface area contributed by atoms with Crippen molar-refractivity contribution in [3.8, 4) is 0 Å². The standard InChI is InChI=1S/C13H14F2N2O.C4H4O4/c1-8-7-17(4-3-16-8)11-6-10(14)12(15)9-2-5-18-13(9)11;5-3(6)1-2-4(7)8/h2,5-6,8,16H,3-4,7H2,1H3;1-2H,(H,5,6)(H,7,8)/t8-;/m0./s1. The van der Waals surface area contributed by atoms with Gasteiger partial charge in [0.15, 0.2) is 17.2 Å². The number of carbonyl (C=O) groups is 2. The van der Waals surface area contributed by atoms with Crippen molar-refractivity contribution >= 4 is 28.6 Å². The highest BCUT2D eigenvalue weighted by Gasteiger charge is 2.22. The normalized spacial score (nSPS) is 17.2. The van der Waals surface area contributed by atoms with Crippen molar-refractivity contribution in [3.05, 3.63) is 42.2 Å². The molecule has 7 nitrogen and oxygen atoms in total. The molecule has 0 unspecified atom stereocenters. The number of anilines is 1. The van der Waals surface area contributed by atoms with Crippen LogP contribution >= 0.6 is 0 Å². The molecule has 0 saturated carbocycles. The number of nitrogens with zero attached hydrogens (tertiary/aromatic N) is 1. The highest BCUT2D eigenvalue weighted by Crippen LogP contribution is 2.32. The first kappa shape index (κ1) is 19.4. The first-order valence-corrected chi connectivity index (χ1v) is 7.77. The lowest BCUT2D eigenvalue weighted by molar-refractivity contribution is -0.134. The molecule has 3 N–H and O–H groups in total. The molecule has 0 aliphatic carbocycles. The smallest absolute Gasteiger partial charge is 0.328 e. The molecule has 2 heterocycles. The Bertz CT molecular complexity index is 818. The number of furan rings is 1. The van der Waals surface area contributed by atoms with Crippen LogP contribution in [0, 0.1) is 11.6 Å². The monoisotopic (exact) mass is 368 g/mol. The molecule has 0 bridgehead atoms. The quantitative estimate of drug-likeness (QED) is 0.714. The summed E-state index contributed by atoms with van der Waals surface area (Å²) >= 11 is 0. The van der Waals surface area contributed by atoms with Crippen molar-refractivity contribution in [2.24, 2.45) is 0 Å². The van der Waals surface area contributed by atoms with Crippen molar-refractivity contribution in [3.63, 3.8) is 0 Å². The predicted octanol–water partition coefficient (Wildman–Crippen LogP) is 2.22. The summed E-state index contributed by atoms with van der Waals surface area (Å²) in [4.78, 5) is 21.1. The Kier molecular flexibility index (Phi) is 6.29. The average molecular weight is 368 g/mol. The zero-order valence-electron chi connectivity index (χ0n) is 13.9. The summed E-state index contributed by atoms with van der Waals surface area (Å²) in [6.07, 6.45) is 2.51. The fourth-order valence-corrected chi connectivity index (χ4v) is 2.59. The fourth-order valence-electron chi connectivity index (χ4n) is 2.59. The van der Waals surface area contributed by atoms with Gasteiger partial charge in [-0.2, -0.15) is 0 Å². The molecule has 1 fully saturated rings. The lowest BCUT2D eigenvalue weighted by atomic mass is 10.1. The number of halogens is 2. The number of rotatable bonds is 3. The summed E-state index contributed by atoms with van der Waals surface area (Å²) in [5.41, 5.74) is 1.05. The van der Waals surface area contributed by atoms with Gasteiger partial charge in [-0.15, -0.1) is 0 Å². The Morgan fingerprint density at radius 3 is 2.54 bits per heavy atom. The van der Waals surface area contributed by atoms with Crippen molar-refractivity contribution in [1.29, 1.82) is 0 Å². The van der Waals surface area contributed by atoms with Crippen LogP contribution in [-0.2, 0) is 9.59 Å². The minimum Gasteiger partial charge on any atom is -0.478 e. The van der Waals surface area contributed by atoms with E-state index in [0.29, 0.717) is 29.5 Å². The molecule has 26 heavy (non-hydrogen) atoms. The topological polar surface area (TPSA) is 103 Å². The Hall–Kier alpha value is -2.94. The number of hydrogen-bond acceptors (Lipinski definition) is 5. The number of aliphatic carboxylic acids is 2. The number of fused-ring (bicyclic) bond motifs is 1. The molecule has 1 saturated heterocycles. The summed E-state index contributed by atoms with van der Waals surface area (Å²) in [5, 5.41) is 19.1. The van der Waals surface area contributed by atoms with Crippen LogP contribution in [0.3, 0.4) is 0 Å². The maximum Gasteiger partial charge on any atom is 0.328 e. The first-order valence-electron chi connectivity index (χ1n) is 7.77. The van der Waals surface area contributed by atoms with Crippen LogP contribution in [0.15, 0.2) is 35.0 Å². The van der Waals surface area contributed by atoms with Crippen LogP contribution in [0.1, 0.15) is 6.92 Å². The zero-order chi connectivity index (χ0) is 19.3. The largest absolute Gasteiger partial charge is 0.478 e. The second-order valence-electron chi connectivity index (χ2n) is 5.67. The molecule has 1 atom stereocenters. The SMILES string of the molecule is C[C@H]1CN(c2cc(F)c(F)c3ccoc23)CCN1.O=C(O)C=CC(=O)O. The summed E-state index contributed by atoms with van der Waals surface area (Å²) in [6.45, 7) is 4.39. The number of benzene rings is 1. The highest BCUT2D eigenvalue weighted by molar-refractivity contribution is 5.90. The van der Waals surface area contributed by atoms with E-state index in [1.807, 2.05) is 4.90 Å². The van der Waals surface area contributed by atoms with Crippen molar-refractivity contribution < 1.29 is 33.0 Å². The van der Waals surface area contributed by atoms with Gasteiger partial charge in [-0.25, -0.2) is 18.4 Å². The van der Waals surface area contributed by atoms with E-state index in [0.717, 1.165) is 19.6 Å². The molecule has 3 rings (SSSR count). The summed E-state index contributed by atoms with van der Waals surface area (Å²) in [7, 11) is 0. The van der Waals surface area contributed by atoms with E-state index in [9.17, 15) is 18.4 Å². The Morgan fingerprint density at radius 2 is 1.96 bits per heavy atom. The van der Waals surface area contributed by atoms with Gasteiger partial charge in [0.25, 0.3) is 0 Å². The molecule has 0 radical (unpaired) electrons. The second kappa shape index (κ2) is 8.43. The molecular formula is C17H18F2N2O5. The lowest BCUT2D eigenvalue weighted by Gasteiger charge is -2.33. The third-order valence-electron chi connectivity index (χ3n) is 3.69. The first-order chi connectivity index (χ1) is 12.3. The number of hydrogen-bond donors (Lipinski definition) is 3. The highest BCUT2D eigenvalue weighted by atomic mass is 19.2. The fraction of sp³-hybridized carbons (Fsp3) is 0.294. The van der Waals surface area contributed by atoms with Gasteiger partial charge < -0.3 is 24.8 Å². The molecule has 0 spiro atoms.